The van der Waals surface area contributed by atoms with Crippen molar-refractivity contribution in [1.82, 2.24) is 20.4 Å². The molecule has 0 radical (unpaired) electrons. The fourth-order valence-electron chi connectivity index (χ4n) is 1.40. The van der Waals surface area contributed by atoms with Gasteiger partial charge in [-0.25, -0.2) is 19.2 Å². The van der Waals surface area contributed by atoms with Crippen molar-refractivity contribution in [3.8, 4) is 0 Å². The maximum absolute atomic E-state index is 11.3. The van der Waals surface area contributed by atoms with Crippen LogP contribution in [-0.4, -0.2) is 112 Å². The van der Waals surface area contributed by atoms with Crippen molar-refractivity contribution in [2.75, 3.05) is 67.6 Å². The molecule has 4 N–H and O–H groups in total. The quantitative estimate of drug-likeness (QED) is 0.243. The minimum atomic E-state index is -1.26. The molecule has 0 aromatic carbocycles. The van der Waals surface area contributed by atoms with Gasteiger partial charge in [0.1, 0.15) is 0 Å². The minimum absolute atomic E-state index is 0.221. The summed E-state index contributed by atoms with van der Waals surface area (Å²) in [6.07, 6.45) is 0.687. The predicted molar refractivity (Wildman–Crippen MR) is 105 cm³/mol. The van der Waals surface area contributed by atoms with Crippen molar-refractivity contribution in [3.63, 3.8) is 0 Å². The van der Waals surface area contributed by atoms with E-state index in [2.05, 4.69) is 10.6 Å². The molecule has 0 saturated heterocycles. The Hall–Kier alpha value is -2.86. The van der Waals surface area contributed by atoms with Gasteiger partial charge in [-0.1, -0.05) is 0 Å². The van der Waals surface area contributed by atoms with Gasteiger partial charge >= 0.3 is 24.1 Å². The first kappa shape index (κ1) is 28.4. The number of hydrogen-bond donors (Lipinski definition) is 4. The molecule has 29 heavy (non-hydrogen) atoms. The summed E-state index contributed by atoms with van der Waals surface area (Å²) in [5.74, 6) is -2.51. The van der Waals surface area contributed by atoms with Gasteiger partial charge in [-0.05, 0) is 28.2 Å². The Morgan fingerprint density at radius 2 is 1.10 bits per heavy atom. The molecule has 12 heteroatoms. The monoisotopic (exact) mass is 420 g/mol. The molecule has 0 spiro atoms. The summed E-state index contributed by atoms with van der Waals surface area (Å²) in [4.78, 5) is 45.5. The Kier molecular flexibility index (Phi) is 18.1. The number of nitrogens with one attached hydrogen (secondary N) is 2. The highest BCUT2D eigenvalue weighted by molar-refractivity contribution is 5.89. The first-order valence-electron chi connectivity index (χ1n) is 8.79. The zero-order valence-corrected chi connectivity index (χ0v) is 17.3. The van der Waals surface area contributed by atoms with Crippen molar-refractivity contribution in [2.45, 2.75) is 6.42 Å². The number of carboxylic acids is 2. The zero-order valence-electron chi connectivity index (χ0n) is 17.3. The molecular formula is C17H32N4O8. The lowest BCUT2D eigenvalue weighted by Crippen LogP contribution is -2.32. The van der Waals surface area contributed by atoms with Crippen LogP contribution >= 0.6 is 0 Å². The number of nitrogens with zero attached hydrogens (tertiary/aromatic N) is 2. The summed E-state index contributed by atoms with van der Waals surface area (Å²) in [7, 11) is 7.70. The first-order valence-corrected chi connectivity index (χ1v) is 8.79. The van der Waals surface area contributed by atoms with Crippen molar-refractivity contribution < 1.29 is 38.9 Å². The van der Waals surface area contributed by atoms with Crippen LogP contribution in [0.1, 0.15) is 6.42 Å². The van der Waals surface area contributed by atoms with Crippen molar-refractivity contribution >= 4 is 24.1 Å². The van der Waals surface area contributed by atoms with Crippen LogP contribution in [0.2, 0.25) is 0 Å². The number of likely N-dealkylation sites (N-methyl/N-ethyl adjacent to an activating group) is 2. The van der Waals surface area contributed by atoms with Gasteiger partial charge in [0.05, 0.1) is 13.2 Å². The van der Waals surface area contributed by atoms with Gasteiger partial charge in [0.25, 0.3) is 0 Å². The Balaban J connectivity index is 0. The van der Waals surface area contributed by atoms with Gasteiger partial charge in [0.15, 0.2) is 0 Å². The average molecular weight is 420 g/mol. The molecule has 0 fully saturated rings. The number of alkyl carbamates (subject to hydrolysis) is 2. The molecular weight excluding hydrogens is 388 g/mol. The lowest BCUT2D eigenvalue weighted by Gasteiger charge is -2.11. The summed E-state index contributed by atoms with van der Waals surface area (Å²) in [6, 6.07) is 0. The van der Waals surface area contributed by atoms with E-state index in [1.54, 1.807) is 0 Å². The number of rotatable bonds is 12. The number of aliphatic carboxylic acids is 2. The molecule has 0 rings (SSSR count). The SMILES string of the molecule is CN(C)CCNC(=O)OCCCOC(=O)NCCN(C)C.O=C(O)/C=C\C(=O)O. The minimum Gasteiger partial charge on any atom is -0.478 e. The smallest absolute Gasteiger partial charge is 0.407 e. The zero-order chi connectivity index (χ0) is 22.7. The topological polar surface area (TPSA) is 158 Å². The fourth-order valence-corrected chi connectivity index (χ4v) is 1.40. The number of hydrogen-bond acceptors (Lipinski definition) is 8. The van der Waals surface area contributed by atoms with Gasteiger partial charge in [-0.15, -0.1) is 0 Å². The van der Waals surface area contributed by atoms with E-state index < -0.39 is 24.1 Å². The highest BCUT2D eigenvalue weighted by Crippen LogP contribution is 1.87. The van der Waals surface area contributed by atoms with E-state index in [1.807, 2.05) is 38.0 Å². The molecule has 0 aliphatic heterocycles. The molecule has 2 amide bonds. The van der Waals surface area contributed by atoms with Crippen LogP contribution in [0.15, 0.2) is 12.2 Å². The summed E-state index contributed by atoms with van der Waals surface area (Å²) < 4.78 is 9.86. The fraction of sp³-hybridized carbons (Fsp3) is 0.647. The summed E-state index contributed by atoms with van der Waals surface area (Å²) in [6.45, 7) is 3.03. The molecule has 12 nitrogen and oxygen atoms in total. The largest absolute Gasteiger partial charge is 0.478 e. The van der Waals surface area contributed by atoms with Crippen molar-refractivity contribution in [3.05, 3.63) is 12.2 Å². The molecule has 168 valence electrons. The maximum atomic E-state index is 11.3. The lowest BCUT2D eigenvalue weighted by atomic mass is 10.5. The molecule has 0 aliphatic rings. The standard InChI is InChI=1S/C13H28N4O4.C4H4O4/c1-16(2)8-6-14-12(18)20-10-5-11-21-13(19)15-7-9-17(3)4;5-3(6)1-2-4(7)8/h5-11H2,1-4H3,(H,14,18)(H,15,19);1-2H,(H,5,6)(H,7,8)/b;2-1-. The van der Waals surface area contributed by atoms with Crippen LogP contribution < -0.4 is 10.6 Å². The van der Waals surface area contributed by atoms with E-state index >= 15 is 0 Å². The van der Waals surface area contributed by atoms with E-state index in [4.69, 9.17) is 19.7 Å². The molecule has 0 aromatic heterocycles. The van der Waals surface area contributed by atoms with Crippen molar-refractivity contribution in [2.24, 2.45) is 0 Å². The Morgan fingerprint density at radius 3 is 1.38 bits per heavy atom. The van der Waals surface area contributed by atoms with Gasteiger partial charge in [0, 0.05) is 44.8 Å². The molecule has 0 unspecified atom stereocenters. The molecule has 0 aliphatic carbocycles. The van der Waals surface area contributed by atoms with Crippen LogP contribution in [0.4, 0.5) is 9.59 Å². The van der Waals surface area contributed by atoms with E-state index in [0.717, 1.165) is 13.1 Å². The van der Waals surface area contributed by atoms with E-state index in [0.29, 0.717) is 31.7 Å². The second kappa shape index (κ2) is 18.5. The van der Waals surface area contributed by atoms with Crippen LogP contribution in [0.5, 0.6) is 0 Å². The molecule has 0 atom stereocenters. The van der Waals surface area contributed by atoms with Gasteiger partial charge in [-0.3, -0.25) is 0 Å². The first-order chi connectivity index (χ1) is 13.5. The maximum Gasteiger partial charge on any atom is 0.407 e. The molecule has 0 heterocycles. The van der Waals surface area contributed by atoms with Crippen LogP contribution in [0.3, 0.4) is 0 Å². The van der Waals surface area contributed by atoms with Gasteiger partial charge < -0.3 is 40.1 Å². The third kappa shape index (κ3) is 27.5. The molecule has 0 bridgehead atoms. The summed E-state index contributed by atoms with van der Waals surface area (Å²) in [5.41, 5.74) is 0. The van der Waals surface area contributed by atoms with Gasteiger partial charge in [0.2, 0.25) is 0 Å². The average Bonchev–Trinajstić information content (AvgIpc) is 2.59. The number of carbonyl (C=O) groups is 4. The third-order valence-electron chi connectivity index (χ3n) is 2.78. The van der Waals surface area contributed by atoms with Crippen molar-refractivity contribution in [1.29, 1.82) is 0 Å². The van der Waals surface area contributed by atoms with E-state index in [1.165, 1.54) is 0 Å². The second-order valence-electron chi connectivity index (χ2n) is 6.10. The number of amides is 2. The van der Waals surface area contributed by atoms with E-state index in [9.17, 15) is 19.2 Å². The van der Waals surface area contributed by atoms with Crippen LogP contribution in [0, 0.1) is 0 Å². The van der Waals surface area contributed by atoms with Gasteiger partial charge in [-0.2, -0.15) is 0 Å². The number of ether oxygens (including phenoxy) is 2. The summed E-state index contributed by atoms with van der Waals surface area (Å²) >= 11 is 0. The summed E-state index contributed by atoms with van der Waals surface area (Å²) in [5, 5.41) is 20.9. The van der Waals surface area contributed by atoms with Crippen LogP contribution in [0.25, 0.3) is 0 Å². The molecule has 0 saturated carbocycles. The number of carbonyl (C=O) groups excluding carboxylic acids is 2. The normalized spacial score (nSPS) is 10.3. The second-order valence-corrected chi connectivity index (χ2v) is 6.10. The Bertz CT molecular complexity index is 480. The number of carboxylic acid groups (broad SMARTS) is 2. The Morgan fingerprint density at radius 1 is 0.759 bits per heavy atom. The highest BCUT2D eigenvalue weighted by atomic mass is 16.6. The molecule has 0 aromatic rings. The van der Waals surface area contributed by atoms with E-state index in [-0.39, 0.29) is 13.2 Å². The van der Waals surface area contributed by atoms with Crippen LogP contribution in [-0.2, 0) is 19.1 Å². The third-order valence-corrected chi connectivity index (χ3v) is 2.78. The predicted octanol–water partition coefficient (Wildman–Crippen LogP) is -0.336. The lowest BCUT2D eigenvalue weighted by molar-refractivity contribution is -0.134. The highest BCUT2D eigenvalue weighted by Gasteiger charge is 2.03. The Labute approximate surface area is 170 Å².